The minimum Gasteiger partial charge on any atom is -0.377 e. The highest BCUT2D eigenvalue weighted by Crippen LogP contribution is 2.33. The van der Waals surface area contributed by atoms with Crippen molar-refractivity contribution in [1.82, 2.24) is 5.32 Å². The van der Waals surface area contributed by atoms with Crippen LogP contribution in [0.5, 0.6) is 0 Å². The van der Waals surface area contributed by atoms with Crippen molar-refractivity contribution < 1.29 is 13.2 Å². The minimum absolute atomic E-state index is 0.129. The molecule has 2 aliphatic heterocycles. The number of benzene rings is 1. The first-order chi connectivity index (χ1) is 8.57. The van der Waals surface area contributed by atoms with Gasteiger partial charge in [0.05, 0.1) is 29.4 Å². The average molecular weight is 267 g/mol. The van der Waals surface area contributed by atoms with Crippen LogP contribution in [0.15, 0.2) is 23.1 Å². The number of aryl methyl sites for hydroxylation is 1. The summed E-state index contributed by atoms with van der Waals surface area (Å²) in [6.07, 6.45) is 1.57. The number of ether oxygens (including phenoxy) is 1. The Morgan fingerprint density at radius 1 is 1.33 bits per heavy atom. The zero-order valence-electron chi connectivity index (χ0n) is 10.4. The fraction of sp³-hybridized carbons (Fsp3) is 0.538. The molecule has 1 N–H and O–H groups in total. The zero-order chi connectivity index (χ0) is 12.8. The van der Waals surface area contributed by atoms with Gasteiger partial charge in [-0.2, -0.15) is 0 Å². The first kappa shape index (κ1) is 12.1. The Kier molecular flexibility index (Phi) is 2.73. The molecule has 0 amide bonds. The average Bonchev–Trinajstić information content (AvgIpc) is 2.27. The predicted molar refractivity (Wildman–Crippen MR) is 68.4 cm³/mol. The van der Waals surface area contributed by atoms with E-state index in [0.717, 1.165) is 24.0 Å². The van der Waals surface area contributed by atoms with Crippen LogP contribution in [0.25, 0.3) is 0 Å². The maximum Gasteiger partial charge on any atom is 0.178 e. The van der Waals surface area contributed by atoms with Gasteiger partial charge in [0.15, 0.2) is 9.84 Å². The number of likely N-dealkylation sites (N-methyl/N-ethyl adjacent to an activating group) is 1. The highest BCUT2D eigenvalue weighted by Gasteiger charge is 2.39. The quantitative estimate of drug-likeness (QED) is 0.863. The molecule has 0 saturated carbocycles. The number of sulfone groups is 1. The molecule has 3 rings (SSSR count). The van der Waals surface area contributed by atoms with E-state index in [9.17, 15) is 8.42 Å². The number of fused-ring (bicyclic) bond motifs is 1. The van der Waals surface area contributed by atoms with Crippen molar-refractivity contribution >= 4 is 9.84 Å². The second-order valence-corrected chi connectivity index (χ2v) is 7.15. The third-order valence-corrected chi connectivity index (χ3v) is 5.88. The fourth-order valence-corrected chi connectivity index (χ4v) is 4.28. The minimum atomic E-state index is -3.05. The fourth-order valence-electron chi connectivity index (χ4n) is 2.70. The molecule has 0 bridgehead atoms. The molecular formula is C13H17NO3S. The number of hydrogen-bond donors (Lipinski definition) is 1. The van der Waals surface area contributed by atoms with Crippen LogP contribution in [0, 0.1) is 0 Å². The summed E-state index contributed by atoms with van der Waals surface area (Å²) in [6, 6.07) is 5.71. The lowest BCUT2D eigenvalue weighted by molar-refractivity contribution is -0.0748. The third kappa shape index (κ3) is 1.69. The standard InChI is InChI=1S/C13H17NO3S/c1-14-13(8-17-9-13)11-4-5-12-10(7-11)3-2-6-18(12,15)16/h4-5,7,14H,2-3,6,8-9H2,1H3. The van der Waals surface area contributed by atoms with Crippen LogP contribution >= 0.6 is 0 Å². The molecule has 1 aromatic carbocycles. The van der Waals surface area contributed by atoms with E-state index in [0.29, 0.717) is 18.1 Å². The Bertz CT molecular complexity index is 570. The van der Waals surface area contributed by atoms with E-state index < -0.39 is 9.84 Å². The van der Waals surface area contributed by atoms with E-state index >= 15 is 0 Å². The van der Waals surface area contributed by atoms with Crippen LogP contribution < -0.4 is 5.32 Å². The van der Waals surface area contributed by atoms with Gasteiger partial charge in [-0.25, -0.2) is 8.42 Å². The van der Waals surface area contributed by atoms with E-state index in [2.05, 4.69) is 5.32 Å². The number of nitrogens with one attached hydrogen (secondary N) is 1. The monoisotopic (exact) mass is 267 g/mol. The van der Waals surface area contributed by atoms with Crippen molar-refractivity contribution in [1.29, 1.82) is 0 Å². The molecular weight excluding hydrogens is 250 g/mol. The number of rotatable bonds is 2. The molecule has 0 unspecified atom stereocenters. The van der Waals surface area contributed by atoms with Crippen LogP contribution in [0.2, 0.25) is 0 Å². The number of hydrogen-bond acceptors (Lipinski definition) is 4. The first-order valence-corrected chi connectivity index (χ1v) is 7.85. The van der Waals surface area contributed by atoms with E-state index in [-0.39, 0.29) is 11.3 Å². The van der Waals surface area contributed by atoms with Crippen molar-refractivity contribution in [3.63, 3.8) is 0 Å². The Hall–Kier alpha value is -0.910. The van der Waals surface area contributed by atoms with Gasteiger partial charge < -0.3 is 10.1 Å². The smallest absolute Gasteiger partial charge is 0.178 e. The summed E-state index contributed by atoms with van der Waals surface area (Å²) in [6.45, 7) is 1.30. The van der Waals surface area contributed by atoms with Gasteiger partial charge in [0.2, 0.25) is 0 Å². The maximum atomic E-state index is 11.9. The van der Waals surface area contributed by atoms with Gasteiger partial charge in [0.1, 0.15) is 0 Å². The molecule has 18 heavy (non-hydrogen) atoms. The van der Waals surface area contributed by atoms with Gasteiger partial charge >= 0.3 is 0 Å². The first-order valence-electron chi connectivity index (χ1n) is 6.20. The second kappa shape index (κ2) is 4.05. The Morgan fingerprint density at radius 2 is 2.11 bits per heavy atom. The van der Waals surface area contributed by atoms with Crippen LogP contribution in [0.1, 0.15) is 17.5 Å². The molecule has 0 aliphatic carbocycles. The molecule has 5 heteroatoms. The van der Waals surface area contributed by atoms with Crippen LogP contribution in [0.3, 0.4) is 0 Å². The predicted octanol–water partition coefficient (Wildman–Crippen LogP) is 0.851. The van der Waals surface area contributed by atoms with Gasteiger partial charge in [-0.1, -0.05) is 12.1 Å². The molecule has 2 heterocycles. The lowest BCUT2D eigenvalue weighted by atomic mass is 9.87. The normalized spacial score (nSPS) is 24.1. The Labute approximate surface area is 107 Å². The van der Waals surface area contributed by atoms with E-state index in [1.807, 2.05) is 19.2 Å². The van der Waals surface area contributed by atoms with Gasteiger partial charge in [-0.3, -0.25) is 0 Å². The summed E-state index contributed by atoms with van der Waals surface area (Å²) in [7, 11) is -1.14. The van der Waals surface area contributed by atoms with Crippen LogP contribution in [-0.4, -0.2) is 34.4 Å². The highest BCUT2D eigenvalue weighted by molar-refractivity contribution is 7.91. The zero-order valence-corrected chi connectivity index (χ0v) is 11.2. The molecule has 1 fully saturated rings. The molecule has 0 spiro atoms. The largest absolute Gasteiger partial charge is 0.377 e. The Balaban J connectivity index is 2.07. The maximum absolute atomic E-state index is 11.9. The summed E-state index contributed by atoms with van der Waals surface area (Å²) in [4.78, 5) is 0.518. The van der Waals surface area contributed by atoms with Gasteiger partial charge in [-0.15, -0.1) is 0 Å². The molecule has 1 aromatic rings. The van der Waals surface area contributed by atoms with E-state index in [1.54, 1.807) is 6.07 Å². The lowest BCUT2D eigenvalue weighted by Gasteiger charge is -2.42. The van der Waals surface area contributed by atoms with Gasteiger partial charge in [0, 0.05) is 0 Å². The highest BCUT2D eigenvalue weighted by atomic mass is 32.2. The van der Waals surface area contributed by atoms with Crippen molar-refractivity contribution in [3.8, 4) is 0 Å². The lowest BCUT2D eigenvalue weighted by Crippen LogP contribution is -2.56. The molecule has 1 saturated heterocycles. The molecule has 98 valence electrons. The molecule has 0 radical (unpaired) electrons. The Morgan fingerprint density at radius 3 is 2.72 bits per heavy atom. The summed E-state index contributed by atoms with van der Waals surface area (Å²) < 4.78 is 29.2. The van der Waals surface area contributed by atoms with Crippen molar-refractivity contribution in [2.24, 2.45) is 0 Å². The molecule has 0 atom stereocenters. The molecule has 4 nitrogen and oxygen atoms in total. The van der Waals surface area contributed by atoms with Gasteiger partial charge in [0.25, 0.3) is 0 Å². The summed E-state index contributed by atoms with van der Waals surface area (Å²) in [5, 5.41) is 3.28. The van der Waals surface area contributed by atoms with Crippen LogP contribution in [-0.2, 0) is 26.5 Å². The topological polar surface area (TPSA) is 55.4 Å². The summed E-state index contributed by atoms with van der Waals surface area (Å²) in [5.74, 6) is 0.277. The SMILES string of the molecule is CNC1(c2ccc3c(c2)CCCS3(=O)=O)COC1. The molecule has 2 aliphatic rings. The van der Waals surface area contributed by atoms with Crippen molar-refractivity contribution in [2.45, 2.75) is 23.3 Å². The summed E-state index contributed by atoms with van der Waals surface area (Å²) in [5.41, 5.74) is 1.96. The van der Waals surface area contributed by atoms with Crippen LogP contribution in [0.4, 0.5) is 0 Å². The summed E-state index contributed by atoms with van der Waals surface area (Å²) >= 11 is 0. The second-order valence-electron chi connectivity index (χ2n) is 5.07. The van der Waals surface area contributed by atoms with E-state index in [1.165, 1.54) is 0 Å². The van der Waals surface area contributed by atoms with Crippen molar-refractivity contribution in [2.75, 3.05) is 26.0 Å². The van der Waals surface area contributed by atoms with Crippen molar-refractivity contribution in [3.05, 3.63) is 29.3 Å². The van der Waals surface area contributed by atoms with Gasteiger partial charge in [-0.05, 0) is 37.1 Å². The van der Waals surface area contributed by atoms with E-state index in [4.69, 9.17) is 4.74 Å². The molecule has 0 aromatic heterocycles. The third-order valence-electron chi connectivity index (χ3n) is 3.98.